The lowest BCUT2D eigenvalue weighted by Crippen LogP contribution is -2.34. The number of aldehydes is 1. The highest BCUT2D eigenvalue weighted by atomic mass is 32.2. The van der Waals surface area contributed by atoms with E-state index in [4.69, 9.17) is 0 Å². The van der Waals surface area contributed by atoms with Gasteiger partial charge in [-0.3, -0.25) is 0 Å². The van der Waals surface area contributed by atoms with Crippen LogP contribution in [0.1, 0.15) is 31.4 Å². The van der Waals surface area contributed by atoms with E-state index in [2.05, 4.69) is 37.4 Å². The van der Waals surface area contributed by atoms with Crippen LogP contribution >= 0.6 is 11.8 Å². The summed E-state index contributed by atoms with van der Waals surface area (Å²) in [5.74, 6) is 1.25. The Kier molecular flexibility index (Phi) is 4.46. The number of carbonyl (C=O) groups is 1. The summed E-state index contributed by atoms with van der Waals surface area (Å²) in [7, 11) is 0. The van der Waals surface area contributed by atoms with Gasteiger partial charge in [-0.05, 0) is 35.8 Å². The minimum absolute atomic E-state index is 0.0696. The van der Waals surface area contributed by atoms with Gasteiger partial charge < -0.3 is 10.1 Å². The van der Waals surface area contributed by atoms with Gasteiger partial charge in [0, 0.05) is 16.9 Å². The van der Waals surface area contributed by atoms with Gasteiger partial charge in [0.15, 0.2) is 0 Å². The molecule has 0 unspecified atom stereocenters. The molecule has 1 aliphatic heterocycles. The number of aryl methyl sites for hydroxylation is 1. The van der Waals surface area contributed by atoms with Crippen LogP contribution in [0.25, 0.3) is 0 Å². The van der Waals surface area contributed by atoms with Crippen LogP contribution in [0.4, 0.5) is 0 Å². The zero-order valence-electron chi connectivity index (χ0n) is 11.2. The molecule has 1 aromatic carbocycles. The minimum atomic E-state index is 0.0696. The maximum Gasteiger partial charge on any atom is 0.133 e. The predicted octanol–water partition coefficient (Wildman–Crippen LogP) is 2.79. The lowest BCUT2D eigenvalue weighted by Gasteiger charge is -2.27. The molecule has 18 heavy (non-hydrogen) atoms. The molecule has 3 heteroatoms. The van der Waals surface area contributed by atoms with Crippen LogP contribution in [-0.4, -0.2) is 25.1 Å². The molecule has 0 aliphatic carbocycles. The van der Waals surface area contributed by atoms with E-state index in [-0.39, 0.29) is 5.41 Å². The van der Waals surface area contributed by atoms with Gasteiger partial charge in [0.25, 0.3) is 0 Å². The Morgan fingerprint density at radius 1 is 1.44 bits per heavy atom. The van der Waals surface area contributed by atoms with E-state index < -0.39 is 0 Å². The van der Waals surface area contributed by atoms with E-state index in [1.165, 1.54) is 34.6 Å². The lowest BCUT2D eigenvalue weighted by molar-refractivity contribution is -0.107. The molecule has 98 valence electrons. The van der Waals surface area contributed by atoms with Crippen LogP contribution in [0.2, 0.25) is 0 Å². The molecular formula is C15H21NOS. The first kappa shape index (κ1) is 13.6. The first-order chi connectivity index (χ1) is 8.63. The Balaban J connectivity index is 2.14. The number of hydrogen-bond acceptors (Lipinski definition) is 3. The first-order valence-electron chi connectivity index (χ1n) is 6.54. The van der Waals surface area contributed by atoms with Crippen LogP contribution in [-0.2, 0) is 16.6 Å². The van der Waals surface area contributed by atoms with E-state index in [9.17, 15) is 4.79 Å². The SMILES string of the molecule is CC(C)(CNCC=O)c1ccc2c(c1)CCCS2. The number of rotatable bonds is 5. The second kappa shape index (κ2) is 5.89. The van der Waals surface area contributed by atoms with Crippen molar-refractivity contribution in [3.63, 3.8) is 0 Å². The van der Waals surface area contributed by atoms with Gasteiger partial charge >= 0.3 is 0 Å². The molecule has 1 heterocycles. The Bertz CT molecular complexity index is 429. The van der Waals surface area contributed by atoms with Crippen molar-refractivity contribution in [2.45, 2.75) is 37.0 Å². The van der Waals surface area contributed by atoms with Gasteiger partial charge in [-0.1, -0.05) is 26.0 Å². The summed E-state index contributed by atoms with van der Waals surface area (Å²) >= 11 is 1.97. The maximum atomic E-state index is 10.4. The molecule has 1 aromatic rings. The third-order valence-corrected chi connectivity index (χ3v) is 4.69. The Labute approximate surface area is 114 Å². The molecule has 2 nitrogen and oxygen atoms in total. The summed E-state index contributed by atoms with van der Waals surface area (Å²) in [4.78, 5) is 11.8. The zero-order chi connectivity index (χ0) is 13.0. The number of fused-ring (bicyclic) bond motifs is 1. The second-order valence-electron chi connectivity index (χ2n) is 5.46. The molecule has 0 radical (unpaired) electrons. The van der Waals surface area contributed by atoms with Crippen molar-refractivity contribution in [1.29, 1.82) is 0 Å². The van der Waals surface area contributed by atoms with Crippen molar-refractivity contribution in [2.75, 3.05) is 18.8 Å². The molecular weight excluding hydrogens is 242 g/mol. The third kappa shape index (κ3) is 3.15. The molecule has 0 saturated carbocycles. The van der Waals surface area contributed by atoms with Crippen molar-refractivity contribution in [3.05, 3.63) is 29.3 Å². The summed E-state index contributed by atoms with van der Waals surface area (Å²) in [5, 5.41) is 3.18. The number of thioether (sulfide) groups is 1. The minimum Gasteiger partial charge on any atom is -0.309 e. The van der Waals surface area contributed by atoms with Crippen molar-refractivity contribution in [2.24, 2.45) is 0 Å². The molecule has 2 rings (SSSR count). The van der Waals surface area contributed by atoms with E-state index in [0.29, 0.717) is 6.54 Å². The van der Waals surface area contributed by atoms with Crippen molar-refractivity contribution < 1.29 is 4.79 Å². The fourth-order valence-corrected chi connectivity index (χ4v) is 3.35. The molecule has 1 N–H and O–H groups in total. The van der Waals surface area contributed by atoms with Crippen LogP contribution in [0.15, 0.2) is 23.1 Å². The first-order valence-corrected chi connectivity index (χ1v) is 7.52. The Morgan fingerprint density at radius 3 is 3.06 bits per heavy atom. The van der Waals surface area contributed by atoms with Crippen molar-refractivity contribution >= 4 is 18.0 Å². The molecule has 1 aliphatic rings. The lowest BCUT2D eigenvalue weighted by atomic mass is 9.83. The van der Waals surface area contributed by atoms with Gasteiger partial charge in [0.05, 0.1) is 6.54 Å². The second-order valence-corrected chi connectivity index (χ2v) is 6.59. The van der Waals surface area contributed by atoms with E-state index >= 15 is 0 Å². The smallest absolute Gasteiger partial charge is 0.133 e. The molecule has 0 atom stereocenters. The number of carbonyl (C=O) groups excluding carboxylic acids is 1. The summed E-state index contributed by atoms with van der Waals surface area (Å²) < 4.78 is 0. The summed E-state index contributed by atoms with van der Waals surface area (Å²) in [6.07, 6.45) is 3.40. The van der Waals surface area contributed by atoms with Crippen molar-refractivity contribution in [1.82, 2.24) is 5.32 Å². The quantitative estimate of drug-likeness (QED) is 0.654. The van der Waals surface area contributed by atoms with Gasteiger partial charge in [-0.2, -0.15) is 0 Å². The van der Waals surface area contributed by atoms with Crippen LogP contribution in [0.3, 0.4) is 0 Å². The molecule has 0 saturated heterocycles. The predicted molar refractivity (Wildman–Crippen MR) is 77.4 cm³/mol. The molecule has 0 amide bonds. The zero-order valence-corrected chi connectivity index (χ0v) is 12.0. The Hall–Kier alpha value is -0.800. The number of benzene rings is 1. The highest BCUT2D eigenvalue weighted by Gasteiger charge is 2.21. The average Bonchev–Trinajstić information content (AvgIpc) is 2.38. The molecule has 0 bridgehead atoms. The van der Waals surface area contributed by atoms with Crippen molar-refractivity contribution in [3.8, 4) is 0 Å². The van der Waals surface area contributed by atoms with Gasteiger partial charge in [-0.15, -0.1) is 11.8 Å². The molecule has 0 spiro atoms. The average molecular weight is 263 g/mol. The summed E-state index contributed by atoms with van der Waals surface area (Å²) in [6.45, 7) is 5.72. The normalized spacial score (nSPS) is 15.2. The largest absolute Gasteiger partial charge is 0.309 e. The topological polar surface area (TPSA) is 29.1 Å². The van der Waals surface area contributed by atoms with Crippen LogP contribution < -0.4 is 5.32 Å². The van der Waals surface area contributed by atoms with Crippen LogP contribution in [0, 0.1) is 0 Å². The van der Waals surface area contributed by atoms with Gasteiger partial charge in [0.1, 0.15) is 6.29 Å². The van der Waals surface area contributed by atoms with Gasteiger partial charge in [-0.25, -0.2) is 0 Å². The fraction of sp³-hybridized carbons (Fsp3) is 0.533. The van der Waals surface area contributed by atoms with E-state index in [1.807, 2.05) is 11.8 Å². The highest BCUT2D eigenvalue weighted by Crippen LogP contribution is 2.33. The van der Waals surface area contributed by atoms with Gasteiger partial charge in [0.2, 0.25) is 0 Å². The highest BCUT2D eigenvalue weighted by molar-refractivity contribution is 7.99. The summed E-state index contributed by atoms with van der Waals surface area (Å²) in [6, 6.07) is 6.85. The fourth-order valence-electron chi connectivity index (χ4n) is 2.33. The monoisotopic (exact) mass is 263 g/mol. The maximum absolute atomic E-state index is 10.4. The van der Waals surface area contributed by atoms with E-state index in [1.54, 1.807) is 0 Å². The standard InChI is InChI=1S/C15H21NOS/c1-15(2,11-16-7-8-17)13-5-6-14-12(10-13)4-3-9-18-14/h5-6,8,10,16H,3-4,7,9,11H2,1-2H3. The number of hydrogen-bond donors (Lipinski definition) is 1. The van der Waals surface area contributed by atoms with Crippen LogP contribution in [0.5, 0.6) is 0 Å². The molecule has 0 fully saturated rings. The number of nitrogens with one attached hydrogen (secondary N) is 1. The Morgan fingerprint density at radius 2 is 2.28 bits per heavy atom. The third-order valence-electron chi connectivity index (χ3n) is 3.48. The molecule has 0 aromatic heterocycles. The summed E-state index contributed by atoms with van der Waals surface area (Å²) in [5.41, 5.74) is 2.93. The van der Waals surface area contributed by atoms with E-state index in [0.717, 1.165) is 12.8 Å².